The third-order valence-electron chi connectivity index (χ3n) is 2.49. The number of ketones is 1. The fourth-order valence-electron chi connectivity index (χ4n) is 1.87. The lowest BCUT2D eigenvalue weighted by Crippen LogP contribution is -2.04. The predicted octanol–water partition coefficient (Wildman–Crippen LogP) is 3.43. The van der Waals surface area contributed by atoms with Gasteiger partial charge in [-0.3, -0.25) is 4.79 Å². The van der Waals surface area contributed by atoms with Crippen LogP contribution in [0.5, 0.6) is 0 Å². The Morgan fingerprint density at radius 1 is 1.31 bits per heavy atom. The van der Waals surface area contributed by atoms with E-state index in [1.54, 1.807) is 18.3 Å². The van der Waals surface area contributed by atoms with E-state index in [1.807, 2.05) is 0 Å². The topological polar surface area (TPSA) is 17.1 Å². The Balaban J connectivity index is 2.53. The maximum absolute atomic E-state index is 11.3. The van der Waals surface area contributed by atoms with Gasteiger partial charge in [0.1, 0.15) is 0 Å². The van der Waals surface area contributed by atoms with Crippen molar-refractivity contribution in [2.24, 2.45) is 0 Å². The van der Waals surface area contributed by atoms with Crippen LogP contribution in [0.3, 0.4) is 0 Å². The van der Waals surface area contributed by atoms with E-state index in [9.17, 15) is 4.79 Å². The molecule has 1 aromatic rings. The first-order chi connectivity index (χ1) is 6.20. The maximum atomic E-state index is 11.3. The Kier molecular flexibility index (Phi) is 2.74. The van der Waals surface area contributed by atoms with Gasteiger partial charge in [-0.05, 0) is 66.3 Å². The number of hydrogen-bond donors (Lipinski definition) is 0. The van der Waals surface area contributed by atoms with Crippen LogP contribution in [0.4, 0.5) is 0 Å². The average Bonchev–Trinajstić information content (AvgIpc) is 2.45. The molecule has 3 heteroatoms. The molecule has 1 aromatic heterocycles. The molecule has 0 atom stereocenters. The van der Waals surface area contributed by atoms with E-state index >= 15 is 0 Å². The van der Waals surface area contributed by atoms with E-state index in [-0.39, 0.29) is 5.78 Å². The number of rotatable bonds is 1. The number of Topliss-reactive ketones (excluding diaryl/α,β-unsaturated/α-hetero) is 1. The number of thiophene rings is 1. The molecule has 1 nitrogen and oxygen atoms in total. The summed E-state index contributed by atoms with van der Waals surface area (Å²) in [7, 11) is 0. The SMILES string of the molecule is CC(=O)c1sc(I)c2c1CCCC2. The molecular weight excluding hydrogens is 295 g/mol. The second kappa shape index (κ2) is 3.69. The molecule has 1 aliphatic rings. The molecule has 0 fully saturated rings. The number of hydrogen-bond acceptors (Lipinski definition) is 2. The average molecular weight is 306 g/mol. The molecule has 0 aromatic carbocycles. The summed E-state index contributed by atoms with van der Waals surface area (Å²) in [5.41, 5.74) is 2.82. The van der Waals surface area contributed by atoms with Gasteiger partial charge < -0.3 is 0 Å². The zero-order valence-corrected chi connectivity index (χ0v) is 10.5. The Labute approximate surface area is 95.7 Å². The van der Waals surface area contributed by atoms with Crippen molar-refractivity contribution < 1.29 is 4.79 Å². The third-order valence-corrected chi connectivity index (χ3v) is 4.97. The van der Waals surface area contributed by atoms with Crippen LogP contribution < -0.4 is 0 Å². The lowest BCUT2D eigenvalue weighted by atomic mass is 9.93. The highest BCUT2D eigenvalue weighted by molar-refractivity contribution is 14.1. The predicted molar refractivity (Wildman–Crippen MR) is 63.7 cm³/mol. The summed E-state index contributed by atoms with van der Waals surface area (Å²) in [5.74, 6) is 0.242. The summed E-state index contributed by atoms with van der Waals surface area (Å²) in [6.07, 6.45) is 4.83. The molecule has 0 saturated carbocycles. The minimum absolute atomic E-state index is 0.242. The molecule has 0 bridgehead atoms. The van der Waals surface area contributed by atoms with Crippen molar-refractivity contribution >= 4 is 39.7 Å². The van der Waals surface area contributed by atoms with Gasteiger partial charge in [0.15, 0.2) is 5.78 Å². The molecule has 0 aliphatic heterocycles. The molecule has 0 N–H and O–H groups in total. The fourth-order valence-corrected chi connectivity index (χ4v) is 4.15. The molecule has 0 spiro atoms. The highest BCUT2D eigenvalue weighted by Gasteiger charge is 2.21. The van der Waals surface area contributed by atoms with Crippen LogP contribution in [0.1, 0.15) is 40.6 Å². The Morgan fingerprint density at radius 3 is 2.54 bits per heavy atom. The second-order valence-electron chi connectivity index (χ2n) is 3.43. The largest absolute Gasteiger partial charge is 0.294 e. The summed E-state index contributed by atoms with van der Waals surface area (Å²) in [6.45, 7) is 1.68. The molecule has 0 radical (unpaired) electrons. The van der Waals surface area contributed by atoms with E-state index in [4.69, 9.17) is 0 Å². The van der Waals surface area contributed by atoms with Crippen molar-refractivity contribution in [2.45, 2.75) is 32.6 Å². The van der Waals surface area contributed by atoms with E-state index in [1.165, 1.54) is 33.3 Å². The smallest absolute Gasteiger partial charge is 0.170 e. The van der Waals surface area contributed by atoms with Crippen LogP contribution in [0.25, 0.3) is 0 Å². The zero-order valence-electron chi connectivity index (χ0n) is 7.52. The lowest BCUT2D eigenvalue weighted by molar-refractivity contribution is 0.102. The minimum atomic E-state index is 0.242. The third kappa shape index (κ3) is 1.68. The maximum Gasteiger partial charge on any atom is 0.170 e. The van der Waals surface area contributed by atoms with Crippen LogP contribution in [0.2, 0.25) is 0 Å². The molecule has 70 valence electrons. The van der Waals surface area contributed by atoms with Gasteiger partial charge in [-0.1, -0.05) is 0 Å². The quantitative estimate of drug-likeness (QED) is 0.574. The number of carbonyl (C=O) groups is 1. The number of carbonyl (C=O) groups excluding carboxylic acids is 1. The molecule has 1 aliphatic carbocycles. The van der Waals surface area contributed by atoms with Crippen molar-refractivity contribution in [3.63, 3.8) is 0 Å². The zero-order chi connectivity index (χ0) is 9.42. The van der Waals surface area contributed by atoms with Crippen molar-refractivity contribution in [1.82, 2.24) is 0 Å². The summed E-state index contributed by atoms with van der Waals surface area (Å²) in [6, 6.07) is 0. The first-order valence-electron chi connectivity index (χ1n) is 4.51. The van der Waals surface area contributed by atoms with Crippen LogP contribution >= 0.6 is 33.9 Å². The molecule has 1 heterocycles. The van der Waals surface area contributed by atoms with Gasteiger partial charge in [-0.25, -0.2) is 0 Å². The standard InChI is InChI=1S/C10H11IOS/c1-6(12)9-7-4-2-3-5-8(7)10(11)13-9/h2-5H2,1H3. The van der Waals surface area contributed by atoms with Crippen molar-refractivity contribution in [1.29, 1.82) is 0 Å². The van der Waals surface area contributed by atoms with E-state index in [0.29, 0.717) is 0 Å². The molecule has 0 saturated heterocycles. The number of fused-ring (bicyclic) bond motifs is 1. The number of halogens is 1. The molecule has 0 amide bonds. The van der Waals surface area contributed by atoms with Crippen LogP contribution in [-0.2, 0) is 12.8 Å². The Hall–Kier alpha value is 0.100. The monoisotopic (exact) mass is 306 g/mol. The second-order valence-corrected chi connectivity index (χ2v) is 6.26. The van der Waals surface area contributed by atoms with Crippen LogP contribution in [-0.4, -0.2) is 5.78 Å². The van der Waals surface area contributed by atoms with Gasteiger partial charge >= 0.3 is 0 Å². The molecular formula is C10H11IOS. The van der Waals surface area contributed by atoms with E-state index in [2.05, 4.69) is 22.6 Å². The first-order valence-corrected chi connectivity index (χ1v) is 6.40. The Morgan fingerprint density at radius 2 is 1.92 bits per heavy atom. The normalized spacial score (nSPS) is 15.5. The van der Waals surface area contributed by atoms with Crippen molar-refractivity contribution in [3.05, 3.63) is 18.9 Å². The van der Waals surface area contributed by atoms with Gasteiger partial charge in [0.2, 0.25) is 0 Å². The van der Waals surface area contributed by atoms with E-state index in [0.717, 1.165) is 11.3 Å². The van der Waals surface area contributed by atoms with Gasteiger partial charge in [-0.15, -0.1) is 11.3 Å². The summed E-state index contributed by atoms with van der Waals surface area (Å²) in [5, 5.41) is 0. The van der Waals surface area contributed by atoms with Crippen molar-refractivity contribution in [2.75, 3.05) is 0 Å². The molecule has 0 unspecified atom stereocenters. The van der Waals surface area contributed by atoms with Crippen molar-refractivity contribution in [3.8, 4) is 0 Å². The fraction of sp³-hybridized carbons (Fsp3) is 0.500. The van der Waals surface area contributed by atoms with Gasteiger partial charge in [-0.2, -0.15) is 0 Å². The Bertz CT molecular complexity index is 354. The highest BCUT2D eigenvalue weighted by Crippen LogP contribution is 2.35. The van der Waals surface area contributed by atoms with Crippen LogP contribution in [0.15, 0.2) is 0 Å². The molecule has 13 heavy (non-hydrogen) atoms. The lowest BCUT2D eigenvalue weighted by Gasteiger charge is -2.12. The summed E-state index contributed by atoms with van der Waals surface area (Å²) < 4.78 is 1.33. The van der Waals surface area contributed by atoms with Gasteiger partial charge in [0.05, 0.1) is 7.76 Å². The highest BCUT2D eigenvalue weighted by atomic mass is 127. The summed E-state index contributed by atoms with van der Waals surface area (Å²) >= 11 is 4.04. The van der Waals surface area contributed by atoms with Gasteiger partial charge in [0.25, 0.3) is 0 Å². The van der Waals surface area contributed by atoms with Gasteiger partial charge in [0, 0.05) is 0 Å². The first kappa shape index (κ1) is 9.65. The minimum Gasteiger partial charge on any atom is -0.294 e. The van der Waals surface area contributed by atoms with Crippen LogP contribution in [0, 0.1) is 2.88 Å². The summed E-state index contributed by atoms with van der Waals surface area (Å²) in [4.78, 5) is 12.4. The van der Waals surface area contributed by atoms with E-state index < -0.39 is 0 Å². The molecule has 2 rings (SSSR count).